The molecular formula is C18H14ClNO2S. The van der Waals surface area contributed by atoms with Crippen molar-refractivity contribution in [2.24, 2.45) is 0 Å². The zero-order chi connectivity index (χ0) is 16.1. The van der Waals surface area contributed by atoms with E-state index in [4.69, 9.17) is 16.3 Å². The minimum Gasteiger partial charge on any atom is -0.487 e. The van der Waals surface area contributed by atoms with Gasteiger partial charge < -0.3 is 10.1 Å². The summed E-state index contributed by atoms with van der Waals surface area (Å²) in [6.07, 6.45) is 0. The van der Waals surface area contributed by atoms with Crippen molar-refractivity contribution in [2.75, 3.05) is 5.32 Å². The average molecular weight is 344 g/mol. The molecule has 116 valence electrons. The van der Waals surface area contributed by atoms with Gasteiger partial charge in [0.2, 0.25) is 0 Å². The van der Waals surface area contributed by atoms with E-state index in [0.717, 1.165) is 14.9 Å². The first kappa shape index (κ1) is 15.6. The Bertz CT molecular complexity index is 802. The topological polar surface area (TPSA) is 38.3 Å². The van der Waals surface area contributed by atoms with Crippen LogP contribution in [0.4, 0.5) is 5.69 Å². The first-order valence-electron chi connectivity index (χ1n) is 7.05. The first-order valence-corrected chi connectivity index (χ1v) is 8.24. The number of hydrogen-bond acceptors (Lipinski definition) is 3. The summed E-state index contributed by atoms with van der Waals surface area (Å²) in [6, 6.07) is 20.3. The molecule has 0 spiro atoms. The van der Waals surface area contributed by atoms with Gasteiger partial charge in [0, 0.05) is 10.6 Å². The van der Waals surface area contributed by atoms with Crippen LogP contribution >= 0.6 is 22.9 Å². The lowest BCUT2D eigenvalue weighted by molar-refractivity contribution is 0.102. The van der Waals surface area contributed by atoms with Gasteiger partial charge in [-0.3, -0.25) is 4.79 Å². The lowest BCUT2D eigenvalue weighted by Gasteiger charge is -2.11. The van der Waals surface area contributed by atoms with Gasteiger partial charge in [0.25, 0.3) is 5.91 Å². The van der Waals surface area contributed by atoms with E-state index in [9.17, 15) is 4.79 Å². The monoisotopic (exact) mass is 343 g/mol. The van der Waals surface area contributed by atoms with Crippen LogP contribution in [0.25, 0.3) is 0 Å². The molecule has 0 unspecified atom stereocenters. The Morgan fingerprint density at radius 1 is 1.00 bits per heavy atom. The van der Waals surface area contributed by atoms with Crippen LogP contribution in [0.2, 0.25) is 4.34 Å². The Morgan fingerprint density at radius 2 is 1.74 bits per heavy atom. The zero-order valence-electron chi connectivity index (χ0n) is 12.2. The molecule has 3 rings (SSSR count). The van der Waals surface area contributed by atoms with Crippen molar-refractivity contribution < 1.29 is 9.53 Å². The number of benzene rings is 2. The molecule has 0 aliphatic heterocycles. The molecule has 0 fully saturated rings. The summed E-state index contributed by atoms with van der Waals surface area (Å²) in [5, 5.41) is 2.86. The minimum atomic E-state index is -0.198. The smallest absolute Gasteiger partial charge is 0.259 e. The van der Waals surface area contributed by atoms with Crippen LogP contribution in [-0.2, 0) is 6.61 Å². The molecule has 1 amide bonds. The minimum absolute atomic E-state index is 0.198. The van der Waals surface area contributed by atoms with Gasteiger partial charge in [0.1, 0.15) is 12.4 Å². The largest absolute Gasteiger partial charge is 0.487 e. The van der Waals surface area contributed by atoms with Crippen molar-refractivity contribution in [3.63, 3.8) is 0 Å². The van der Waals surface area contributed by atoms with Gasteiger partial charge >= 0.3 is 0 Å². The summed E-state index contributed by atoms with van der Waals surface area (Å²) in [5.41, 5.74) is 1.25. The molecule has 1 N–H and O–H groups in total. The fourth-order valence-corrected chi connectivity index (χ4v) is 3.08. The van der Waals surface area contributed by atoms with Gasteiger partial charge in [-0.15, -0.1) is 11.3 Å². The van der Waals surface area contributed by atoms with E-state index in [1.54, 1.807) is 12.1 Å². The quantitative estimate of drug-likeness (QED) is 0.688. The summed E-state index contributed by atoms with van der Waals surface area (Å²) >= 11 is 7.38. The molecule has 0 saturated carbocycles. The number of thiophene rings is 1. The van der Waals surface area contributed by atoms with Crippen LogP contribution < -0.4 is 10.1 Å². The fourth-order valence-electron chi connectivity index (χ4n) is 2.08. The normalized spacial score (nSPS) is 10.3. The number of carbonyl (C=O) groups excluding carboxylic acids is 1. The first-order chi connectivity index (χ1) is 11.2. The third-order valence-corrected chi connectivity index (χ3v) is 4.37. The highest BCUT2D eigenvalue weighted by atomic mass is 35.5. The molecule has 3 nitrogen and oxygen atoms in total. The molecule has 1 aromatic heterocycles. The van der Waals surface area contributed by atoms with E-state index in [-0.39, 0.29) is 5.91 Å². The molecule has 1 heterocycles. The van der Waals surface area contributed by atoms with E-state index in [2.05, 4.69) is 5.32 Å². The van der Waals surface area contributed by atoms with Crippen LogP contribution in [0.15, 0.2) is 66.7 Å². The Labute approximate surface area is 143 Å². The molecule has 2 aromatic carbocycles. The molecular weight excluding hydrogens is 330 g/mol. The predicted molar refractivity (Wildman–Crippen MR) is 94.5 cm³/mol. The van der Waals surface area contributed by atoms with Crippen molar-refractivity contribution in [3.8, 4) is 5.75 Å². The number of amides is 1. The van der Waals surface area contributed by atoms with Gasteiger partial charge in [0.15, 0.2) is 0 Å². The number of nitrogens with one attached hydrogen (secondary N) is 1. The summed E-state index contributed by atoms with van der Waals surface area (Å²) in [4.78, 5) is 13.4. The Kier molecular flexibility index (Phi) is 4.95. The highest BCUT2D eigenvalue weighted by Gasteiger charge is 2.12. The molecule has 23 heavy (non-hydrogen) atoms. The number of anilines is 1. The second-order valence-electron chi connectivity index (χ2n) is 4.81. The van der Waals surface area contributed by atoms with E-state index >= 15 is 0 Å². The van der Waals surface area contributed by atoms with Crippen LogP contribution in [0, 0.1) is 0 Å². The van der Waals surface area contributed by atoms with Gasteiger partial charge in [-0.2, -0.15) is 0 Å². The molecule has 3 aromatic rings. The third-order valence-electron chi connectivity index (χ3n) is 3.16. The van der Waals surface area contributed by atoms with Crippen LogP contribution in [-0.4, -0.2) is 5.91 Å². The van der Waals surface area contributed by atoms with Crippen LogP contribution in [0.5, 0.6) is 5.75 Å². The lowest BCUT2D eigenvalue weighted by Crippen LogP contribution is -2.13. The van der Waals surface area contributed by atoms with E-state index in [1.807, 2.05) is 54.6 Å². The summed E-state index contributed by atoms with van der Waals surface area (Å²) in [7, 11) is 0. The molecule has 0 saturated heterocycles. The summed E-state index contributed by atoms with van der Waals surface area (Å²) in [6.45, 7) is 0.382. The van der Waals surface area contributed by atoms with Crippen molar-refractivity contribution in [3.05, 3.63) is 81.5 Å². The van der Waals surface area contributed by atoms with Crippen LogP contribution in [0.1, 0.15) is 15.2 Å². The second kappa shape index (κ2) is 7.31. The van der Waals surface area contributed by atoms with Crippen molar-refractivity contribution in [2.45, 2.75) is 6.61 Å². The maximum absolute atomic E-state index is 12.4. The summed E-state index contributed by atoms with van der Waals surface area (Å²) in [5.74, 6) is 0.349. The van der Waals surface area contributed by atoms with Crippen molar-refractivity contribution in [1.82, 2.24) is 0 Å². The number of hydrogen-bond donors (Lipinski definition) is 1. The second-order valence-corrected chi connectivity index (χ2v) is 6.61. The zero-order valence-corrected chi connectivity index (χ0v) is 13.7. The van der Waals surface area contributed by atoms with Gasteiger partial charge in [0.05, 0.1) is 9.90 Å². The van der Waals surface area contributed by atoms with Crippen molar-refractivity contribution in [1.29, 1.82) is 0 Å². The Hall–Kier alpha value is -2.30. The van der Waals surface area contributed by atoms with Crippen molar-refractivity contribution >= 4 is 34.5 Å². The molecule has 0 aliphatic rings. The Morgan fingerprint density at radius 3 is 2.48 bits per heavy atom. The molecule has 5 heteroatoms. The van der Waals surface area contributed by atoms with Gasteiger partial charge in [-0.1, -0.05) is 41.9 Å². The highest BCUT2D eigenvalue weighted by molar-refractivity contribution is 7.16. The maximum atomic E-state index is 12.4. The predicted octanol–water partition coefficient (Wildman–Crippen LogP) is 5.23. The van der Waals surface area contributed by atoms with Gasteiger partial charge in [-0.25, -0.2) is 0 Å². The van der Waals surface area contributed by atoms with E-state index < -0.39 is 0 Å². The molecule has 0 radical (unpaired) electrons. The van der Waals surface area contributed by atoms with Gasteiger partial charge in [-0.05, 0) is 36.4 Å². The molecule has 0 aliphatic carbocycles. The third kappa shape index (κ3) is 4.12. The maximum Gasteiger partial charge on any atom is 0.259 e. The lowest BCUT2D eigenvalue weighted by atomic mass is 10.2. The van der Waals surface area contributed by atoms with E-state index in [1.165, 1.54) is 11.3 Å². The molecule has 0 bridgehead atoms. The number of ether oxygens (including phenoxy) is 1. The number of para-hydroxylation sites is 2. The highest BCUT2D eigenvalue weighted by Crippen LogP contribution is 2.25. The standard InChI is InChI=1S/C18H14ClNO2S/c19-17-11-10-14(23-17)12-22-16-9-5-4-8-15(16)18(21)20-13-6-2-1-3-7-13/h1-11H,12H2,(H,20,21). The van der Waals surface area contributed by atoms with E-state index in [0.29, 0.717) is 17.9 Å². The Balaban J connectivity index is 1.73. The number of halogens is 1. The SMILES string of the molecule is O=C(Nc1ccccc1)c1ccccc1OCc1ccc(Cl)s1. The average Bonchev–Trinajstić information content (AvgIpc) is 2.99. The number of carbonyl (C=O) groups is 1. The number of rotatable bonds is 5. The molecule has 0 atom stereocenters. The summed E-state index contributed by atoms with van der Waals surface area (Å²) < 4.78 is 6.51. The van der Waals surface area contributed by atoms with Crippen LogP contribution in [0.3, 0.4) is 0 Å². The fraction of sp³-hybridized carbons (Fsp3) is 0.0556.